The molecule has 0 unspecified atom stereocenters. The molecule has 2 rings (SSSR count). The Kier molecular flexibility index (Phi) is 6.45. The fourth-order valence-electron chi connectivity index (χ4n) is 2.80. The molecule has 132 valence electrons. The van der Waals surface area contributed by atoms with E-state index in [1.165, 1.54) is 6.20 Å². The van der Waals surface area contributed by atoms with Crippen LogP contribution >= 0.6 is 0 Å². The second-order valence-electron chi connectivity index (χ2n) is 6.83. The number of rotatable bonds is 7. The fourth-order valence-corrected chi connectivity index (χ4v) is 2.80. The first-order valence-electron chi connectivity index (χ1n) is 8.76. The maximum Gasteiger partial charge on any atom is 0.224 e. The molecule has 0 aliphatic heterocycles. The molecule has 0 fully saturated rings. The van der Waals surface area contributed by atoms with Crippen LogP contribution in [0, 0.1) is 0 Å². The summed E-state index contributed by atoms with van der Waals surface area (Å²) in [7, 11) is 0. The Bertz CT molecular complexity index is 711. The molecule has 1 N–H and O–H groups in total. The van der Waals surface area contributed by atoms with Gasteiger partial charge in [-0.05, 0) is 35.1 Å². The van der Waals surface area contributed by atoms with E-state index in [-0.39, 0.29) is 24.5 Å². The lowest BCUT2D eigenvalue weighted by atomic mass is 9.92. The van der Waals surface area contributed by atoms with Crippen LogP contribution in [-0.2, 0) is 4.79 Å². The largest absolute Gasteiger partial charge is 0.326 e. The van der Waals surface area contributed by atoms with Crippen LogP contribution in [0.4, 0.5) is 5.69 Å². The molecular formula is C21H26N2O2. The van der Waals surface area contributed by atoms with Gasteiger partial charge in [-0.3, -0.25) is 14.6 Å². The number of amides is 1. The molecule has 1 aromatic carbocycles. The molecule has 2 aromatic rings. The molecule has 0 aliphatic rings. The minimum Gasteiger partial charge on any atom is -0.326 e. The molecule has 0 saturated carbocycles. The molecule has 0 atom stereocenters. The van der Waals surface area contributed by atoms with Gasteiger partial charge >= 0.3 is 0 Å². The predicted octanol–water partition coefficient (Wildman–Crippen LogP) is 4.93. The molecule has 1 aromatic heterocycles. The standard InChI is InChI=1S/C21H26N2O2/c1-14(2)17-8-5-9-18(15(3)4)21(17)23-20(25)11-10-19(24)16-7-6-12-22-13-16/h5-9,12-15H,10-11H2,1-4H3,(H,23,25). The highest BCUT2D eigenvalue weighted by atomic mass is 16.2. The van der Waals surface area contributed by atoms with Gasteiger partial charge in [0.15, 0.2) is 5.78 Å². The van der Waals surface area contributed by atoms with E-state index in [9.17, 15) is 9.59 Å². The Morgan fingerprint density at radius 2 is 1.60 bits per heavy atom. The quantitative estimate of drug-likeness (QED) is 0.728. The lowest BCUT2D eigenvalue weighted by Crippen LogP contribution is -2.17. The van der Waals surface area contributed by atoms with Crippen molar-refractivity contribution in [3.8, 4) is 0 Å². The molecule has 0 aliphatic carbocycles. The van der Waals surface area contributed by atoms with Crippen molar-refractivity contribution < 1.29 is 9.59 Å². The minimum absolute atomic E-state index is 0.0653. The molecule has 0 bridgehead atoms. The van der Waals surface area contributed by atoms with Gasteiger partial charge in [0.05, 0.1) is 0 Å². The van der Waals surface area contributed by atoms with Gasteiger partial charge in [0.25, 0.3) is 0 Å². The number of ketones is 1. The number of carbonyl (C=O) groups is 2. The summed E-state index contributed by atoms with van der Waals surface area (Å²) in [5, 5.41) is 3.04. The van der Waals surface area contributed by atoms with Crippen molar-refractivity contribution in [2.45, 2.75) is 52.4 Å². The Labute approximate surface area is 149 Å². The lowest BCUT2D eigenvalue weighted by molar-refractivity contribution is -0.116. The Hall–Kier alpha value is -2.49. The van der Waals surface area contributed by atoms with Crippen molar-refractivity contribution >= 4 is 17.4 Å². The first-order valence-corrected chi connectivity index (χ1v) is 8.76. The van der Waals surface area contributed by atoms with Gasteiger partial charge in [0, 0.05) is 36.5 Å². The number of anilines is 1. The summed E-state index contributed by atoms with van der Waals surface area (Å²) in [4.78, 5) is 28.5. The highest BCUT2D eigenvalue weighted by molar-refractivity contribution is 6.00. The van der Waals surface area contributed by atoms with Crippen LogP contribution < -0.4 is 5.32 Å². The summed E-state index contributed by atoms with van der Waals surface area (Å²) in [5.74, 6) is 0.425. The van der Waals surface area contributed by atoms with Crippen molar-refractivity contribution in [1.29, 1.82) is 0 Å². The molecule has 1 amide bonds. The first kappa shape index (κ1) is 18.8. The summed E-state index contributed by atoms with van der Waals surface area (Å²) < 4.78 is 0. The third-order valence-electron chi connectivity index (χ3n) is 4.20. The predicted molar refractivity (Wildman–Crippen MR) is 101 cm³/mol. The van der Waals surface area contributed by atoms with Gasteiger partial charge in [-0.15, -0.1) is 0 Å². The zero-order chi connectivity index (χ0) is 18.4. The van der Waals surface area contributed by atoms with Crippen LogP contribution in [0.5, 0.6) is 0 Å². The minimum atomic E-state index is -0.132. The maximum absolute atomic E-state index is 12.4. The molecule has 4 heteroatoms. The van der Waals surface area contributed by atoms with Gasteiger partial charge in [0.2, 0.25) is 5.91 Å². The number of aromatic nitrogens is 1. The van der Waals surface area contributed by atoms with Gasteiger partial charge in [0.1, 0.15) is 0 Å². The van der Waals surface area contributed by atoms with Crippen molar-refractivity contribution in [2.24, 2.45) is 0 Å². The van der Waals surface area contributed by atoms with Crippen LogP contribution in [0.1, 0.15) is 73.9 Å². The number of carbonyl (C=O) groups excluding carboxylic acids is 2. The van der Waals surface area contributed by atoms with E-state index in [2.05, 4.69) is 38.0 Å². The molecular weight excluding hydrogens is 312 g/mol. The monoisotopic (exact) mass is 338 g/mol. The third kappa shape index (κ3) is 4.99. The first-order chi connectivity index (χ1) is 11.9. The Balaban J connectivity index is 2.09. The molecule has 0 saturated heterocycles. The smallest absolute Gasteiger partial charge is 0.224 e. The van der Waals surface area contributed by atoms with Crippen LogP contribution in [0.25, 0.3) is 0 Å². The van der Waals surface area contributed by atoms with Crippen LogP contribution in [0.3, 0.4) is 0 Å². The van der Waals surface area contributed by atoms with Crippen molar-refractivity contribution in [2.75, 3.05) is 5.32 Å². The summed E-state index contributed by atoms with van der Waals surface area (Å²) in [6, 6.07) is 9.57. The van der Waals surface area contributed by atoms with Gasteiger partial charge in [-0.1, -0.05) is 45.9 Å². The Morgan fingerprint density at radius 3 is 2.12 bits per heavy atom. The van der Waals surface area contributed by atoms with Gasteiger partial charge < -0.3 is 5.32 Å². The number of para-hydroxylation sites is 1. The van der Waals surface area contributed by atoms with E-state index in [4.69, 9.17) is 0 Å². The van der Waals surface area contributed by atoms with Gasteiger partial charge in [-0.25, -0.2) is 0 Å². The number of Topliss-reactive ketones (excluding diaryl/α,β-unsaturated/α-hetero) is 1. The number of nitrogens with zero attached hydrogens (tertiary/aromatic N) is 1. The van der Waals surface area contributed by atoms with Crippen molar-refractivity contribution in [3.63, 3.8) is 0 Å². The van der Waals surface area contributed by atoms with E-state index in [1.807, 2.05) is 18.2 Å². The summed E-state index contributed by atoms with van der Waals surface area (Å²) >= 11 is 0. The molecule has 4 nitrogen and oxygen atoms in total. The van der Waals surface area contributed by atoms with Crippen LogP contribution in [-0.4, -0.2) is 16.7 Å². The number of pyridine rings is 1. The van der Waals surface area contributed by atoms with E-state index in [1.54, 1.807) is 18.3 Å². The maximum atomic E-state index is 12.4. The summed E-state index contributed by atoms with van der Waals surface area (Å²) in [6.07, 6.45) is 3.50. The number of hydrogen-bond donors (Lipinski definition) is 1. The van der Waals surface area contributed by atoms with E-state index < -0.39 is 0 Å². The second-order valence-corrected chi connectivity index (χ2v) is 6.83. The highest BCUT2D eigenvalue weighted by Crippen LogP contribution is 2.32. The zero-order valence-corrected chi connectivity index (χ0v) is 15.4. The Morgan fingerprint density at radius 1 is 0.960 bits per heavy atom. The lowest BCUT2D eigenvalue weighted by Gasteiger charge is -2.20. The summed E-state index contributed by atoms with van der Waals surface area (Å²) in [5.41, 5.74) is 3.68. The second kappa shape index (κ2) is 8.56. The molecule has 1 heterocycles. The molecule has 0 radical (unpaired) electrons. The normalized spacial score (nSPS) is 11.0. The topological polar surface area (TPSA) is 59.1 Å². The highest BCUT2D eigenvalue weighted by Gasteiger charge is 2.16. The zero-order valence-electron chi connectivity index (χ0n) is 15.4. The average molecular weight is 338 g/mol. The number of benzene rings is 1. The average Bonchev–Trinajstić information content (AvgIpc) is 2.60. The number of nitrogens with one attached hydrogen (secondary N) is 1. The fraction of sp³-hybridized carbons (Fsp3) is 0.381. The van der Waals surface area contributed by atoms with E-state index in [0.29, 0.717) is 17.4 Å². The molecule has 0 spiro atoms. The summed E-state index contributed by atoms with van der Waals surface area (Å²) in [6.45, 7) is 8.45. The van der Waals surface area contributed by atoms with Gasteiger partial charge in [-0.2, -0.15) is 0 Å². The van der Waals surface area contributed by atoms with Crippen LogP contribution in [0.2, 0.25) is 0 Å². The SMILES string of the molecule is CC(C)c1cccc(C(C)C)c1NC(=O)CCC(=O)c1cccnc1. The number of hydrogen-bond acceptors (Lipinski definition) is 3. The third-order valence-corrected chi connectivity index (χ3v) is 4.20. The van der Waals surface area contributed by atoms with E-state index in [0.717, 1.165) is 16.8 Å². The van der Waals surface area contributed by atoms with Crippen molar-refractivity contribution in [3.05, 3.63) is 59.4 Å². The van der Waals surface area contributed by atoms with Crippen LogP contribution in [0.15, 0.2) is 42.7 Å². The van der Waals surface area contributed by atoms with Crippen molar-refractivity contribution in [1.82, 2.24) is 4.98 Å². The molecule has 25 heavy (non-hydrogen) atoms. The van der Waals surface area contributed by atoms with E-state index >= 15 is 0 Å².